The number of hydrogen-bond acceptors (Lipinski definition) is 7. The smallest absolute Gasteiger partial charge is 0.310 e. The molecule has 2 heterocycles. The van der Waals surface area contributed by atoms with Crippen molar-refractivity contribution in [3.63, 3.8) is 0 Å². The van der Waals surface area contributed by atoms with Gasteiger partial charge in [0.1, 0.15) is 23.4 Å². The van der Waals surface area contributed by atoms with Crippen LogP contribution in [0.15, 0.2) is 54.6 Å². The van der Waals surface area contributed by atoms with Crippen molar-refractivity contribution in [2.45, 2.75) is 63.6 Å². The van der Waals surface area contributed by atoms with E-state index in [1.807, 2.05) is 30.3 Å². The second-order valence-electron chi connectivity index (χ2n) is 9.94. The molecular weight excluding hydrogens is 490 g/mol. The third-order valence-electron chi connectivity index (χ3n) is 6.68. The van der Waals surface area contributed by atoms with Gasteiger partial charge in [0.05, 0.1) is 20.1 Å². The quantitative estimate of drug-likeness (QED) is 0.483. The van der Waals surface area contributed by atoms with Gasteiger partial charge in [0.25, 0.3) is 5.91 Å². The zero-order chi connectivity index (χ0) is 27.3. The molecule has 38 heavy (non-hydrogen) atoms. The van der Waals surface area contributed by atoms with Crippen molar-refractivity contribution < 1.29 is 33.4 Å². The van der Waals surface area contributed by atoms with Crippen molar-refractivity contribution in [2.75, 3.05) is 13.7 Å². The number of carbonyl (C=O) groups is 4. The molecule has 0 bridgehead atoms. The van der Waals surface area contributed by atoms with E-state index in [4.69, 9.17) is 14.2 Å². The molecule has 0 spiro atoms. The molecule has 0 radical (unpaired) electrons. The van der Waals surface area contributed by atoms with E-state index < -0.39 is 35.8 Å². The summed E-state index contributed by atoms with van der Waals surface area (Å²) in [4.78, 5) is 53.0. The first kappa shape index (κ1) is 27.1. The molecule has 2 aromatic carbocycles. The number of nitrogens with one attached hydrogen (secondary N) is 2. The van der Waals surface area contributed by atoms with Crippen LogP contribution in [0.25, 0.3) is 0 Å². The van der Waals surface area contributed by atoms with Gasteiger partial charge in [-0.25, -0.2) is 0 Å². The predicted octanol–water partition coefficient (Wildman–Crippen LogP) is 2.17. The lowest BCUT2D eigenvalue weighted by Gasteiger charge is -2.33. The van der Waals surface area contributed by atoms with Crippen LogP contribution in [0.2, 0.25) is 0 Å². The summed E-state index contributed by atoms with van der Waals surface area (Å²) in [5, 5.41) is 5.63. The number of esters is 1. The van der Waals surface area contributed by atoms with Crippen LogP contribution >= 0.6 is 0 Å². The molecule has 2 aromatic rings. The normalized spacial score (nSPS) is 21.1. The van der Waals surface area contributed by atoms with Crippen LogP contribution in [-0.2, 0) is 30.5 Å². The van der Waals surface area contributed by atoms with Crippen LogP contribution in [0, 0.1) is 0 Å². The molecule has 3 atom stereocenters. The summed E-state index contributed by atoms with van der Waals surface area (Å²) < 4.78 is 16.2. The number of hydrogen-bond donors (Lipinski definition) is 2. The maximum absolute atomic E-state index is 13.5. The summed E-state index contributed by atoms with van der Waals surface area (Å²) in [6.07, 6.45) is 0.171. The molecule has 202 valence electrons. The largest absolute Gasteiger partial charge is 0.497 e. The zero-order valence-electron chi connectivity index (χ0n) is 21.8. The maximum atomic E-state index is 13.5. The van der Waals surface area contributed by atoms with E-state index in [0.29, 0.717) is 30.7 Å². The highest BCUT2D eigenvalue weighted by molar-refractivity contribution is 6.00. The van der Waals surface area contributed by atoms with E-state index in [0.717, 1.165) is 5.56 Å². The molecule has 2 aliphatic rings. The SMILES string of the molecule is COc1ccc(C(=O)NC(C)(C)C(=O)N2CCC[C@H]2C(=O)N[C@H]2CC(=O)OC2OCc2ccccc2)cc1. The number of rotatable bonds is 9. The molecule has 2 saturated heterocycles. The zero-order valence-corrected chi connectivity index (χ0v) is 21.8. The lowest BCUT2D eigenvalue weighted by atomic mass is 10.0. The van der Waals surface area contributed by atoms with Gasteiger partial charge < -0.3 is 29.7 Å². The monoisotopic (exact) mass is 523 g/mol. The Balaban J connectivity index is 1.37. The van der Waals surface area contributed by atoms with Crippen molar-refractivity contribution in [2.24, 2.45) is 0 Å². The number of nitrogens with zero attached hydrogens (tertiary/aromatic N) is 1. The van der Waals surface area contributed by atoms with Gasteiger partial charge in [-0.3, -0.25) is 19.2 Å². The number of likely N-dealkylation sites (tertiary alicyclic amines) is 1. The summed E-state index contributed by atoms with van der Waals surface area (Å²) in [6, 6.07) is 14.6. The standard InChI is InChI=1S/C28H33N3O7/c1-28(2,30-24(33)19-11-13-20(36-3)14-12-19)27(35)31-15-7-10-22(31)25(34)29-21-16-23(32)38-26(21)37-17-18-8-5-4-6-9-18/h4-6,8-9,11-14,21-22,26H,7,10,15-17H2,1-3H3,(H,29,34)(H,30,33)/t21-,22-,26?/m0/s1. The molecule has 0 aromatic heterocycles. The Morgan fingerprint density at radius 2 is 1.79 bits per heavy atom. The van der Waals surface area contributed by atoms with Crippen LogP contribution in [-0.4, -0.2) is 66.2 Å². The second kappa shape index (κ2) is 11.6. The van der Waals surface area contributed by atoms with E-state index in [9.17, 15) is 19.2 Å². The van der Waals surface area contributed by atoms with Crippen LogP contribution in [0.3, 0.4) is 0 Å². The average molecular weight is 524 g/mol. The molecule has 2 fully saturated rings. The van der Waals surface area contributed by atoms with Gasteiger partial charge in [-0.15, -0.1) is 0 Å². The summed E-state index contributed by atoms with van der Waals surface area (Å²) in [7, 11) is 1.54. The van der Waals surface area contributed by atoms with Crippen LogP contribution in [0.5, 0.6) is 5.75 Å². The van der Waals surface area contributed by atoms with Crippen LogP contribution in [0.1, 0.15) is 49.0 Å². The van der Waals surface area contributed by atoms with Crippen molar-refractivity contribution in [1.82, 2.24) is 15.5 Å². The van der Waals surface area contributed by atoms with Crippen LogP contribution < -0.4 is 15.4 Å². The van der Waals surface area contributed by atoms with Crippen LogP contribution in [0.4, 0.5) is 0 Å². The molecule has 0 saturated carbocycles. The molecule has 10 heteroatoms. The second-order valence-corrected chi connectivity index (χ2v) is 9.94. The van der Waals surface area contributed by atoms with Gasteiger partial charge in [0.2, 0.25) is 18.1 Å². The summed E-state index contributed by atoms with van der Waals surface area (Å²) >= 11 is 0. The minimum Gasteiger partial charge on any atom is -0.497 e. The first-order valence-corrected chi connectivity index (χ1v) is 12.6. The fourth-order valence-electron chi connectivity index (χ4n) is 4.63. The average Bonchev–Trinajstić information content (AvgIpc) is 3.53. The molecular formula is C28H33N3O7. The Bertz CT molecular complexity index is 1170. The number of methoxy groups -OCH3 is 1. The van der Waals surface area contributed by atoms with E-state index >= 15 is 0 Å². The fourth-order valence-corrected chi connectivity index (χ4v) is 4.63. The summed E-state index contributed by atoms with van der Waals surface area (Å²) in [5.74, 6) is -1.01. The Morgan fingerprint density at radius 1 is 1.08 bits per heavy atom. The van der Waals surface area contributed by atoms with Gasteiger partial charge in [-0.1, -0.05) is 30.3 Å². The highest BCUT2D eigenvalue weighted by atomic mass is 16.7. The van der Waals surface area contributed by atoms with Gasteiger partial charge in [0.15, 0.2) is 0 Å². The van der Waals surface area contributed by atoms with Gasteiger partial charge in [0, 0.05) is 12.1 Å². The Labute approximate surface area is 221 Å². The van der Waals surface area contributed by atoms with E-state index in [-0.39, 0.29) is 24.8 Å². The number of ether oxygens (including phenoxy) is 3. The lowest BCUT2D eigenvalue weighted by Crippen LogP contribution is -2.59. The molecule has 3 amide bonds. The highest BCUT2D eigenvalue weighted by Gasteiger charge is 2.44. The number of benzene rings is 2. The lowest BCUT2D eigenvalue weighted by molar-refractivity contribution is -0.168. The molecule has 10 nitrogen and oxygen atoms in total. The van der Waals surface area contributed by atoms with Gasteiger partial charge >= 0.3 is 5.97 Å². The molecule has 2 N–H and O–H groups in total. The predicted molar refractivity (Wildman–Crippen MR) is 137 cm³/mol. The summed E-state index contributed by atoms with van der Waals surface area (Å²) in [6.45, 7) is 3.83. The van der Waals surface area contributed by atoms with E-state index in [1.54, 1.807) is 38.1 Å². The Morgan fingerprint density at radius 3 is 2.47 bits per heavy atom. The Kier molecular flexibility index (Phi) is 8.31. The number of cyclic esters (lactones) is 1. The maximum Gasteiger partial charge on any atom is 0.310 e. The molecule has 4 rings (SSSR count). The first-order chi connectivity index (χ1) is 18.2. The third kappa shape index (κ3) is 6.31. The number of carbonyl (C=O) groups excluding carboxylic acids is 4. The molecule has 0 aliphatic carbocycles. The van der Waals surface area contributed by atoms with Crippen molar-refractivity contribution in [3.05, 3.63) is 65.7 Å². The minimum absolute atomic E-state index is 0.0186. The van der Waals surface area contributed by atoms with Gasteiger partial charge in [-0.05, 0) is 56.5 Å². The topological polar surface area (TPSA) is 123 Å². The first-order valence-electron chi connectivity index (χ1n) is 12.6. The summed E-state index contributed by atoms with van der Waals surface area (Å²) in [5.41, 5.74) is 0.0371. The van der Waals surface area contributed by atoms with E-state index in [2.05, 4.69) is 10.6 Å². The highest BCUT2D eigenvalue weighted by Crippen LogP contribution is 2.24. The minimum atomic E-state index is -1.26. The Hall–Kier alpha value is -3.92. The molecule has 2 aliphatic heterocycles. The van der Waals surface area contributed by atoms with Gasteiger partial charge in [-0.2, -0.15) is 0 Å². The fraction of sp³-hybridized carbons (Fsp3) is 0.429. The third-order valence-corrected chi connectivity index (χ3v) is 6.68. The van der Waals surface area contributed by atoms with E-state index in [1.165, 1.54) is 12.0 Å². The van der Waals surface area contributed by atoms with Crippen molar-refractivity contribution >= 4 is 23.7 Å². The van der Waals surface area contributed by atoms with Crippen molar-refractivity contribution in [1.29, 1.82) is 0 Å². The number of amides is 3. The molecule has 1 unspecified atom stereocenters. The van der Waals surface area contributed by atoms with Crippen molar-refractivity contribution in [3.8, 4) is 5.75 Å².